The van der Waals surface area contributed by atoms with Crippen LogP contribution in [0.4, 0.5) is 0 Å². The summed E-state index contributed by atoms with van der Waals surface area (Å²) in [6, 6.07) is 0.552. The largest absolute Gasteiger partial charge is 0.370 e. The van der Waals surface area contributed by atoms with Crippen molar-refractivity contribution in [2.24, 2.45) is 0 Å². The van der Waals surface area contributed by atoms with Crippen molar-refractivity contribution in [3.05, 3.63) is 35.1 Å². The second-order valence-electron chi connectivity index (χ2n) is 4.92. The summed E-state index contributed by atoms with van der Waals surface area (Å²) >= 11 is 0. The first kappa shape index (κ1) is 14.1. The SMILES string of the molecule is CC/C=C(/C)C1=CC1N(C)/C=C(/CC)CCC. The molecular formula is C16H27N. The van der Waals surface area contributed by atoms with Crippen molar-refractivity contribution in [1.82, 2.24) is 4.90 Å². The Kier molecular flexibility index (Phi) is 5.54. The predicted octanol–water partition coefficient (Wildman–Crippen LogP) is 4.68. The van der Waals surface area contributed by atoms with E-state index in [0.717, 1.165) is 6.42 Å². The van der Waals surface area contributed by atoms with Gasteiger partial charge in [-0.15, -0.1) is 0 Å². The predicted molar refractivity (Wildman–Crippen MR) is 77.0 cm³/mol. The van der Waals surface area contributed by atoms with E-state index in [1.807, 2.05) is 0 Å². The summed E-state index contributed by atoms with van der Waals surface area (Å²) in [5.74, 6) is 0. The molecule has 0 saturated carbocycles. The van der Waals surface area contributed by atoms with Gasteiger partial charge in [0.2, 0.25) is 0 Å². The molecule has 1 aliphatic rings. The molecule has 0 amide bonds. The van der Waals surface area contributed by atoms with Gasteiger partial charge in [-0.3, -0.25) is 0 Å². The topological polar surface area (TPSA) is 3.24 Å². The van der Waals surface area contributed by atoms with E-state index in [2.05, 4.69) is 58.0 Å². The Hall–Kier alpha value is -0.980. The first-order chi connectivity index (χ1) is 8.13. The van der Waals surface area contributed by atoms with Gasteiger partial charge in [0.05, 0.1) is 6.04 Å². The van der Waals surface area contributed by atoms with Gasteiger partial charge < -0.3 is 4.90 Å². The van der Waals surface area contributed by atoms with Gasteiger partial charge in [0, 0.05) is 7.05 Å². The summed E-state index contributed by atoms with van der Waals surface area (Å²) in [5.41, 5.74) is 4.52. The Morgan fingerprint density at radius 1 is 1.35 bits per heavy atom. The fraction of sp³-hybridized carbons (Fsp3) is 0.625. The molecule has 0 saturated heterocycles. The standard InChI is InChI=1S/C16H27N/c1-6-9-13(4)15-11-16(15)17(5)12-14(8-3)10-7-2/h9,11-12,16H,6-8,10H2,1-5H3/b13-9-,14-12-. The molecule has 1 aliphatic carbocycles. The fourth-order valence-electron chi connectivity index (χ4n) is 2.27. The van der Waals surface area contributed by atoms with Crippen LogP contribution in [0.2, 0.25) is 0 Å². The zero-order chi connectivity index (χ0) is 12.8. The smallest absolute Gasteiger partial charge is 0.0724 e. The fourth-order valence-corrected chi connectivity index (χ4v) is 2.27. The van der Waals surface area contributed by atoms with Gasteiger partial charge in [-0.1, -0.05) is 44.9 Å². The van der Waals surface area contributed by atoms with Crippen LogP contribution in [0.3, 0.4) is 0 Å². The second kappa shape index (κ2) is 6.68. The van der Waals surface area contributed by atoms with Crippen molar-refractivity contribution in [3.63, 3.8) is 0 Å². The molecule has 0 aromatic heterocycles. The van der Waals surface area contributed by atoms with E-state index in [1.165, 1.54) is 30.4 Å². The molecule has 0 spiro atoms. The molecule has 1 rings (SSSR count). The van der Waals surface area contributed by atoms with Gasteiger partial charge in [-0.05, 0) is 43.5 Å². The van der Waals surface area contributed by atoms with Gasteiger partial charge in [-0.25, -0.2) is 0 Å². The summed E-state index contributed by atoms with van der Waals surface area (Å²) in [5, 5.41) is 0. The molecular weight excluding hydrogens is 206 g/mol. The minimum absolute atomic E-state index is 0.552. The average molecular weight is 233 g/mol. The highest BCUT2D eigenvalue weighted by molar-refractivity contribution is 5.50. The Morgan fingerprint density at radius 2 is 2.06 bits per heavy atom. The first-order valence-electron chi connectivity index (χ1n) is 6.94. The van der Waals surface area contributed by atoms with Crippen LogP contribution in [0.15, 0.2) is 35.1 Å². The quantitative estimate of drug-likeness (QED) is 0.617. The second-order valence-corrected chi connectivity index (χ2v) is 4.92. The number of hydrogen-bond acceptors (Lipinski definition) is 1. The molecule has 96 valence electrons. The Morgan fingerprint density at radius 3 is 2.59 bits per heavy atom. The lowest BCUT2D eigenvalue weighted by atomic mass is 10.1. The van der Waals surface area contributed by atoms with E-state index in [0.29, 0.717) is 6.04 Å². The molecule has 1 atom stereocenters. The molecule has 17 heavy (non-hydrogen) atoms. The van der Waals surface area contributed by atoms with Crippen LogP contribution < -0.4 is 0 Å². The number of hydrogen-bond donors (Lipinski definition) is 0. The molecule has 0 N–H and O–H groups in total. The highest BCUT2D eigenvalue weighted by Gasteiger charge is 2.28. The number of rotatable bonds is 7. The minimum Gasteiger partial charge on any atom is -0.370 e. The van der Waals surface area contributed by atoms with Gasteiger partial charge in [0.1, 0.15) is 0 Å². The zero-order valence-corrected chi connectivity index (χ0v) is 12.1. The molecule has 0 fully saturated rings. The summed E-state index contributed by atoms with van der Waals surface area (Å²) < 4.78 is 0. The average Bonchev–Trinajstić information content (AvgIpc) is 3.08. The number of allylic oxidation sites excluding steroid dienone is 2. The number of nitrogens with zero attached hydrogens (tertiary/aromatic N) is 1. The normalized spacial score (nSPS) is 20.3. The molecule has 0 aromatic carbocycles. The van der Waals surface area contributed by atoms with Gasteiger partial charge >= 0.3 is 0 Å². The van der Waals surface area contributed by atoms with Crippen molar-refractivity contribution in [2.75, 3.05) is 7.05 Å². The van der Waals surface area contributed by atoms with Crippen LogP contribution in [-0.4, -0.2) is 18.0 Å². The number of likely N-dealkylation sites (N-methyl/N-ethyl adjacent to an activating group) is 1. The molecule has 1 nitrogen and oxygen atoms in total. The molecule has 0 aromatic rings. The van der Waals surface area contributed by atoms with Crippen LogP contribution in [0.25, 0.3) is 0 Å². The molecule has 0 heterocycles. The Bertz CT molecular complexity index is 333. The van der Waals surface area contributed by atoms with Crippen molar-refractivity contribution >= 4 is 0 Å². The molecule has 0 bridgehead atoms. The molecule has 1 heteroatoms. The minimum atomic E-state index is 0.552. The maximum Gasteiger partial charge on any atom is 0.0724 e. The van der Waals surface area contributed by atoms with Gasteiger partial charge in [0.25, 0.3) is 0 Å². The van der Waals surface area contributed by atoms with E-state index in [1.54, 1.807) is 5.57 Å². The van der Waals surface area contributed by atoms with Crippen LogP contribution in [0, 0.1) is 0 Å². The van der Waals surface area contributed by atoms with Gasteiger partial charge in [0.15, 0.2) is 0 Å². The van der Waals surface area contributed by atoms with Crippen molar-refractivity contribution in [3.8, 4) is 0 Å². The third-order valence-electron chi connectivity index (χ3n) is 3.36. The highest BCUT2D eigenvalue weighted by Crippen LogP contribution is 2.33. The molecule has 1 unspecified atom stereocenters. The van der Waals surface area contributed by atoms with E-state index in [4.69, 9.17) is 0 Å². The van der Waals surface area contributed by atoms with E-state index in [9.17, 15) is 0 Å². The Labute approximate surface area is 107 Å². The van der Waals surface area contributed by atoms with Crippen LogP contribution in [0.1, 0.15) is 53.4 Å². The summed E-state index contributed by atoms with van der Waals surface area (Å²) in [6.45, 7) is 8.92. The van der Waals surface area contributed by atoms with Crippen molar-refractivity contribution in [2.45, 2.75) is 59.4 Å². The lowest BCUT2D eigenvalue weighted by Gasteiger charge is -2.17. The van der Waals surface area contributed by atoms with Crippen molar-refractivity contribution < 1.29 is 0 Å². The maximum absolute atomic E-state index is 2.36. The summed E-state index contributed by atoms with van der Waals surface area (Å²) in [6.07, 6.45) is 11.8. The third-order valence-corrected chi connectivity index (χ3v) is 3.36. The molecule has 0 radical (unpaired) electrons. The third kappa shape index (κ3) is 4.07. The van der Waals surface area contributed by atoms with E-state index >= 15 is 0 Å². The van der Waals surface area contributed by atoms with Crippen LogP contribution in [-0.2, 0) is 0 Å². The zero-order valence-electron chi connectivity index (χ0n) is 12.1. The maximum atomic E-state index is 2.36. The van der Waals surface area contributed by atoms with E-state index in [-0.39, 0.29) is 0 Å². The van der Waals surface area contributed by atoms with Crippen LogP contribution >= 0.6 is 0 Å². The first-order valence-corrected chi connectivity index (χ1v) is 6.94. The summed E-state index contributed by atoms with van der Waals surface area (Å²) in [7, 11) is 2.19. The highest BCUT2D eigenvalue weighted by atomic mass is 15.1. The lowest BCUT2D eigenvalue weighted by Crippen LogP contribution is -2.17. The molecule has 0 aliphatic heterocycles. The van der Waals surface area contributed by atoms with Crippen LogP contribution in [0.5, 0.6) is 0 Å². The summed E-state index contributed by atoms with van der Waals surface area (Å²) in [4.78, 5) is 2.36. The lowest BCUT2D eigenvalue weighted by molar-refractivity contribution is 0.457. The van der Waals surface area contributed by atoms with E-state index < -0.39 is 0 Å². The van der Waals surface area contributed by atoms with Crippen molar-refractivity contribution in [1.29, 1.82) is 0 Å². The monoisotopic (exact) mass is 233 g/mol. The Balaban J connectivity index is 2.52. The van der Waals surface area contributed by atoms with Gasteiger partial charge in [-0.2, -0.15) is 0 Å².